The number of methoxy groups -OCH3 is 1. The van der Waals surface area contributed by atoms with Gasteiger partial charge in [-0.15, -0.1) is 0 Å². The summed E-state index contributed by atoms with van der Waals surface area (Å²) >= 11 is 0. The number of nitrogens with one attached hydrogen (secondary N) is 2. The summed E-state index contributed by atoms with van der Waals surface area (Å²) < 4.78 is 102. The lowest BCUT2D eigenvalue weighted by molar-refractivity contribution is -0.381. The van der Waals surface area contributed by atoms with E-state index in [1.165, 1.54) is 96.3 Å². The zero-order chi connectivity index (χ0) is 85.5. The lowest BCUT2D eigenvalue weighted by atomic mass is 9.87. The van der Waals surface area contributed by atoms with E-state index in [4.69, 9.17) is 80.5 Å². The molecule has 2 N–H and O–H groups in total. The van der Waals surface area contributed by atoms with Crippen LogP contribution in [0.2, 0.25) is 0 Å². The largest absolute Gasteiger partial charge is 0.465 e. The number of carbonyl (C=O) groups is 13. The Balaban J connectivity index is 1.84. The highest BCUT2D eigenvalue weighted by molar-refractivity contribution is 5.89. The molecule has 3 aliphatic rings. The van der Waals surface area contributed by atoms with Crippen LogP contribution in [-0.4, -0.2) is 215 Å². The molecule has 3 heterocycles. The highest BCUT2D eigenvalue weighted by atomic mass is 16.8. The van der Waals surface area contributed by atoms with Crippen molar-refractivity contribution < 1.29 is 143 Å². The summed E-state index contributed by atoms with van der Waals surface area (Å²) in [6.45, 7) is 11.3. The predicted octanol–water partition coefficient (Wildman–Crippen LogP) is 10.9. The summed E-state index contributed by atoms with van der Waals surface area (Å²) in [4.78, 5) is 175. The SMILES string of the molecule is CCCCCCCCCCCCC/C=C/[C@@H](OC(=O)c1ccccc1)[C@H](CO[C@@H]1OC[C@@H](O[C@@H]2O[C@H](COC(C)=O)[C@H](OC(C)=O)[C@H](O[C@]3(C(=O)OC)C[C@H](OC(C)=O)[C@@H](NC(C)=O)[C@H]([C@H](OC(C)=O)[C@@H](COC(C)=O)OC(C)=O)O3)[C@H]2OC(C)=O)[C@H](OC(C)=O)[C@H]1OC(C)=O)NC(=O)CCCCCCCCCCCCCCCCC. The van der Waals surface area contributed by atoms with Gasteiger partial charge in [0, 0.05) is 75.7 Å². The zero-order valence-electron chi connectivity index (χ0n) is 70.4. The van der Waals surface area contributed by atoms with Crippen molar-refractivity contribution in [2.45, 2.75) is 373 Å². The van der Waals surface area contributed by atoms with Crippen molar-refractivity contribution in [3.8, 4) is 0 Å². The van der Waals surface area contributed by atoms with Gasteiger partial charge < -0.3 is 91.2 Å². The molecule has 0 aromatic heterocycles. The molecule has 3 saturated heterocycles. The van der Waals surface area contributed by atoms with E-state index in [0.717, 1.165) is 141 Å². The highest BCUT2D eigenvalue weighted by Gasteiger charge is 2.64. The van der Waals surface area contributed by atoms with Crippen LogP contribution in [0.15, 0.2) is 42.5 Å². The quantitative estimate of drug-likeness (QED) is 0.0265. The smallest absolute Gasteiger partial charge is 0.366 e. The summed E-state index contributed by atoms with van der Waals surface area (Å²) in [5.41, 5.74) is 0.217. The normalized spacial score (nSPS) is 23.5. The molecule has 0 aliphatic carbocycles. The number of amides is 2. The molecule has 2 amide bonds. The van der Waals surface area contributed by atoms with Crippen LogP contribution in [0.25, 0.3) is 0 Å². The van der Waals surface area contributed by atoms with Crippen LogP contribution in [-0.2, 0) is 138 Å². The van der Waals surface area contributed by atoms with Crippen molar-refractivity contribution in [1.82, 2.24) is 10.6 Å². The van der Waals surface area contributed by atoms with Gasteiger partial charge in [-0.3, -0.25) is 52.7 Å². The Hall–Kier alpha value is -8.17. The van der Waals surface area contributed by atoms with Gasteiger partial charge in [-0.25, -0.2) is 9.59 Å². The molecule has 17 atom stereocenters. The molecule has 0 unspecified atom stereocenters. The van der Waals surface area contributed by atoms with Gasteiger partial charge in [-0.2, -0.15) is 0 Å². The van der Waals surface area contributed by atoms with Crippen molar-refractivity contribution in [2.24, 2.45) is 0 Å². The van der Waals surface area contributed by atoms with Gasteiger partial charge in [0.15, 0.2) is 49.2 Å². The van der Waals surface area contributed by atoms with Gasteiger partial charge in [0.05, 0.1) is 44.4 Å². The first kappa shape index (κ1) is 100. The minimum absolute atomic E-state index is 0.103. The number of ether oxygens (including phenoxy) is 17. The van der Waals surface area contributed by atoms with Crippen LogP contribution in [0.5, 0.6) is 0 Å². The molecule has 1 aromatic carbocycles. The number of carbonyl (C=O) groups excluding carboxylic acids is 13. The van der Waals surface area contributed by atoms with E-state index in [1.54, 1.807) is 36.4 Å². The van der Waals surface area contributed by atoms with Gasteiger partial charge in [-0.05, 0) is 37.5 Å². The summed E-state index contributed by atoms with van der Waals surface area (Å²) in [6, 6.07) is 5.37. The third-order valence-electron chi connectivity index (χ3n) is 19.5. The van der Waals surface area contributed by atoms with E-state index in [2.05, 4.69) is 24.5 Å². The first-order valence-corrected chi connectivity index (χ1v) is 41.4. The lowest BCUT2D eigenvalue weighted by Gasteiger charge is -2.52. The number of hydrogen-bond acceptors (Lipinski definition) is 30. The number of esters is 11. The van der Waals surface area contributed by atoms with Crippen LogP contribution in [0.1, 0.15) is 280 Å². The van der Waals surface area contributed by atoms with Crippen LogP contribution >= 0.6 is 0 Å². The van der Waals surface area contributed by atoms with E-state index in [-0.39, 0.29) is 17.9 Å². The maximum atomic E-state index is 15.0. The summed E-state index contributed by atoms with van der Waals surface area (Å²) in [6.07, 6.45) is 5.94. The van der Waals surface area contributed by atoms with Gasteiger partial charge >= 0.3 is 65.7 Å². The number of rotatable bonds is 55. The Morgan fingerprint density at radius 1 is 0.509 bits per heavy atom. The van der Waals surface area contributed by atoms with E-state index in [0.29, 0.717) is 12.8 Å². The second kappa shape index (κ2) is 55.5. The van der Waals surface area contributed by atoms with Crippen LogP contribution in [0.3, 0.4) is 0 Å². The van der Waals surface area contributed by atoms with Crippen molar-refractivity contribution >= 4 is 77.5 Å². The fourth-order valence-electron chi connectivity index (χ4n) is 14.2. The Kier molecular flexibility index (Phi) is 47.9. The van der Waals surface area contributed by atoms with Gasteiger partial charge in [0.1, 0.15) is 49.8 Å². The second-order valence-corrected chi connectivity index (χ2v) is 29.7. The molecule has 0 bridgehead atoms. The van der Waals surface area contributed by atoms with E-state index in [1.807, 2.05) is 6.08 Å². The van der Waals surface area contributed by atoms with Crippen LogP contribution in [0, 0.1) is 0 Å². The van der Waals surface area contributed by atoms with E-state index < -0.39 is 208 Å². The fraction of sp³-hybridized carbons (Fsp3) is 0.750. The minimum Gasteiger partial charge on any atom is -0.465 e. The first-order valence-electron chi connectivity index (χ1n) is 41.4. The maximum absolute atomic E-state index is 15.0. The molecule has 0 radical (unpaired) electrons. The van der Waals surface area contributed by atoms with E-state index >= 15 is 4.79 Å². The number of hydrogen-bond donors (Lipinski definition) is 2. The van der Waals surface area contributed by atoms with Crippen molar-refractivity contribution in [2.75, 3.05) is 33.5 Å². The van der Waals surface area contributed by atoms with Crippen molar-refractivity contribution in [3.05, 3.63) is 48.0 Å². The Morgan fingerprint density at radius 2 is 1.00 bits per heavy atom. The average molecular weight is 1650 g/mol. The van der Waals surface area contributed by atoms with Crippen molar-refractivity contribution in [1.29, 1.82) is 0 Å². The summed E-state index contributed by atoms with van der Waals surface area (Å²) in [7, 11) is 0.857. The lowest BCUT2D eigenvalue weighted by Crippen LogP contribution is -2.72. The topological polar surface area (TPSA) is 403 Å². The molecule has 32 nitrogen and oxygen atoms in total. The Labute approximate surface area is 682 Å². The molecule has 0 saturated carbocycles. The monoisotopic (exact) mass is 1650 g/mol. The van der Waals surface area contributed by atoms with Crippen LogP contribution in [0.4, 0.5) is 0 Å². The zero-order valence-corrected chi connectivity index (χ0v) is 70.4. The predicted molar refractivity (Wildman–Crippen MR) is 415 cm³/mol. The molecule has 4 rings (SSSR count). The molecule has 3 aliphatic heterocycles. The molecular weight excluding hydrogens is 1520 g/mol. The Bertz CT molecular complexity index is 3220. The van der Waals surface area contributed by atoms with Gasteiger partial charge in [-0.1, -0.05) is 192 Å². The third kappa shape index (κ3) is 38.0. The molecule has 116 heavy (non-hydrogen) atoms. The summed E-state index contributed by atoms with van der Waals surface area (Å²) in [5, 5.41) is 5.60. The minimum atomic E-state index is -3.16. The molecular formula is C84H130N2O30. The van der Waals surface area contributed by atoms with Gasteiger partial charge in [0.25, 0.3) is 5.79 Å². The molecule has 1 aromatic rings. The van der Waals surface area contributed by atoms with Crippen molar-refractivity contribution in [3.63, 3.8) is 0 Å². The highest BCUT2D eigenvalue weighted by Crippen LogP contribution is 2.42. The molecule has 0 spiro atoms. The number of allylic oxidation sites excluding steroid dienone is 1. The molecule has 32 heteroatoms. The Morgan fingerprint density at radius 3 is 1.49 bits per heavy atom. The molecule has 656 valence electrons. The molecule has 3 fully saturated rings. The van der Waals surface area contributed by atoms with Crippen LogP contribution < -0.4 is 10.6 Å². The number of benzene rings is 1. The van der Waals surface area contributed by atoms with Gasteiger partial charge in [0.2, 0.25) is 11.8 Å². The average Bonchev–Trinajstić information content (AvgIpc) is 0.740. The second-order valence-electron chi connectivity index (χ2n) is 29.7. The maximum Gasteiger partial charge on any atom is 0.366 e. The third-order valence-corrected chi connectivity index (χ3v) is 19.5. The summed E-state index contributed by atoms with van der Waals surface area (Å²) in [5.74, 6) is -15.9. The van der Waals surface area contributed by atoms with E-state index in [9.17, 15) is 57.5 Å². The standard InChI is InChI=1S/C84H130N2O30/c1-14-16-18-20-22-24-26-28-29-31-33-35-37-39-44-48-71(97)86-65(66(112-80(98)64-45-41-40-42-46-64)47-43-38-36-34-32-30-27-25-23-21-19-17-15-2)50-103-81-78(110-62(11)95)75(109-61(10)94)70(53-104-81)114-82-79(111-63(12)96)77(74(108-60(9)93)69(113-82)52-102-56(5)89)116-84(83(99)100-13)49-67(105-57(6)90)72(85-54(3)87)76(115-84)73(107-59(8)92)68(106-58(7)91)51-101-55(4)88/h40-43,45-47,65-70,72-79,81-82H,14-39,44,48-53H2,1-13H3,(H,85,87)(H,86,97)/b47-43+/t65-,66+,67-,68+,69+,70+,72+,73+,74-,75-,76+,77-,78+,79+,81+,82-,84-/m0/s1. The number of unbranched alkanes of at least 4 members (excludes halogenated alkanes) is 25. The fourth-order valence-corrected chi connectivity index (χ4v) is 14.2. The first-order chi connectivity index (χ1) is 55.4.